The molecule has 2 aromatic carbocycles. The van der Waals surface area contributed by atoms with Crippen molar-refractivity contribution in [2.24, 2.45) is 5.92 Å². The zero-order chi connectivity index (χ0) is 18.8. The standard InChI is InChI=1S/C22H24ClFN2O/c23-17-8-6-16(7-9-17)15-25-10-3-11-26(13-12-25)22(27)20-14-19(20)18-4-1-2-5-21(18)24/h1-2,4-9,19-20H,3,10-15H2. The molecule has 4 rings (SSSR count). The predicted molar refractivity (Wildman–Crippen MR) is 105 cm³/mol. The summed E-state index contributed by atoms with van der Waals surface area (Å²) in [7, 11) is 0. The van der Waals surface area contributed by atoms with Gasteiger partial charge in [-0.1, -0.05) is 41.9 Å². The van der Waals surface area contributed by atoms with Crippen molar-refractivity contribution in [1.29, 1.82) is 0 Å². The molecule has 2 aromatic rings. The Morgan fingerprint density at radius 1 is 1.04 bits per heavy atom. The summed E-state index contributed by atoms with van der Waals surface area (Å²) in [6, 6.07) is 14.8. The molecule has 2 fully saturated rings. The molecule has 2 aliphatic rings. The van der Waals surface area contributed by atoms with E-state index in [0.29, 0.717) is 5.56 Å². The van der Waals surface area contributed by atoms with Crippen LogP contribution < -0.4 is 0 Å². The van der Waals surface area contributed by atoms with E-state index in [4.69, 9.17) is 11.6 Å². The Hall–Kier alpha value is -1.91. The van der Waals surface area contributed by atoms with Crippen LogP contribution in [0.4, 0.5) is 4.39 Å². The number of hydrogen-bond donors (Lipinski definition) is 0. The molecule has 5 heteroatoms. The number of carbonyl (C=O) groups is 1. The fraction of sp³-hybridized carbons (Fsp3) is 0.409. The molecule has 1 aliphatic heterocycles. The fourth-order valence-electron chi connectivity index (χ4n) is 4.02. The van der Waals surface area contributed by atoms with Crippen molar-refractivity contribution in [3.63, 3.8) is 0 Å². The lowest BCUT2D eigenvalue weighted by atomic mass is 10.1. The SMILES string of the molecule is O=C(C1CC1c1ccccc1F)N1CCCN(Cc2ccc(Cl)cc2)CC1. The van der Waals surface area contributed by atoms with Gasteiger partial charge in [0.15, 0.2) is 0 Å². The largest absolute Gasteiger partial charge is 0.341 e. The molecule has 27 heavy (non-hydrogen) atoms. The van der Waals surface area contributed by atoms with Gasteiger partial charge in [-0.3, -0.25) is 9.69 Å². The Morgan fingerprint density at radius 2 is 1.81 bits per heavy atom. The lowest BCUT2D eigenvalue weighted by Gasteiger charge is -2.22. The van der Waals surface area contributed by atoms with Crippen LogP contribution in [0.25, 0.3) is 0 Å². The van der Waals surface area contributed by atoms with Gasteiger partial charge in [0.05, 0.1) is 0 Å². The van der Waals surface area contributed by atoms with Crippen LogP contribution in [-0.4, -0.2) is 41.9 Å². The highest BCUT2D eigenvalue weighted by Crippen LogP contribution is 2.49. The van der Waals surface area contributed by atoms with Crippen molar-refractivity contribution < 1.29 is 9.18 Å². The van der Waals surface area contributed by atoms with Crippen LogP contribution in [-0.2, 0) is 11.3 Å². The summed E-state index contributed by atoms with van der Waals surface area (Å²) in [6.45, 7) is 4.25. The lowest BCUT2D eigenvalue weighted by Crippen LogP contribution is -2.36. The molecule has 0 spiro atoms. The first-order valence-electron chi connectivity index (χ1n) is 9.62. The first-order valence-corrected chi connectivity index (χ1v) is 9.99. The van der Waals surface area contributed by atoms with E-state index < -0.39 is 0 Å². The van der Waals surface area contributed by atoms with E-state index in [1.807, 2.05) is 29.2 Å². The molecule has 0 N–H and O–H groups in total. The fourth-order valence-corrected chi connectivity index (χ4v) is 4.15. The van der Waals surface area contributed by atoms with Crippen LogP contribution in [0.5, 0.6) is 0 Å². The Bertz CT molecular complexity index is 810. The highest BCUT2D eigenvalue weighted by molar-refractivity contribution is 6.30. The first-order chi connectivity index (χ1) is 13.1. The van der Waals surface area contributed by atoms with E-state index in [-0.39, 0.29) is 23.6 Å². The molecular weight excluding hydrogens is 363 g/mol. The minimum absolute atomic E-state index is 0.0483. The highest BCUT2D eigenvalue weighted by atomic mass is 35.5. The van der Waals surface area contributed by atoms with Crippen molar-refractivity contribution in [2.45, 2.75) is 25.3 Å². The highest BCUT2D eigenvalue weighted by Gasteiger charge is 2.46. The number of hydrogen-bond acceptors (Lipinski definition) is 2. The summed E-state index contributed by atoms with van der Waals surface area (Å²) in [5.74, 6) is -0.00348. The minimum atomic E-state index is -0.192. The second kappa shape index (κ2) is 7.99. The van der Waals surface area contributed by atoms with E-state index in [1.54, 1.807) is 6.07 Å². The monoisotopic (exact) mass is 386 g/mol. The summed E-state index contributed by atoms with van der Waals surface area (Å²) in [6.07, 6.45) is 1.74. The smallest absolute Gasteiger partial charge is 0.226 e. The Labute approximate surface area is 164 Å². The Morgan fingerprint density at radius 3 is 2.59 bits per heavy atom. The zero-order valence-electron chi connectivity index (χ0n) is 15.3. The normalized spacial score (nSPS) is 23.1. The zero-order valence-corrected chi connectivity index (χ0v) is 16.0. The van der Waals surface area contributed by atoms with Gasteiger partial charge in [-0.05, 0) is 48.1 Å². The third-order valence-electron chi connectivity index (χ3n) is 5.63. The van der Waals surface area contributed by atoms with Crippen LogP contribution in [0.15, 0.2) is 48.5 Å². The maximum absolute atomic E-state index is 14.0. The van der Waals surface area contributed by atoms with E-state index in [0.717, 1.165) is 50.6 Å². The molecule has 1 saturated heterocycles. The Balaban J connectivity index is 1.32. The summed E-state index contributed by atoms with van der Waals surface area (Å²) in [5.41, 5.74) is 1.93. The molecule has 1 aliphatic carbocycles. The number of nitrogens with zero attached hydrogens (tertiary/aromatic N) is 2. The van der Waals surface area contributed by atoms with Gasteiger partial charge in [-0.15, -0.1) is 0 Å². The summed E-state index contributed by atoms with van der Waals surface area (Å²) >= 11 is 5.95. The van der Waals surface area contributed by atoms with Crippen LogP contribution in [0.3, 0.4) is 0 Å². The summed E-state index contributed by atoms with van der Waals surface area (Å²) < 4.78 is 14.0. The van der Waals surface area contributed by atoms with Gasteiger partial charge in [0.25, 0.3) is 0 Å². The van der Waals surface area contributed by atoms with E-state index >= 15 is 0 Å². The lowest BCUT2D eigenvalue weighted by molar-refractivity contribution is -0.132. The molecular formula is C22H24ClFN2O. The third-order valence-corrected chi connectivity index (χ3v) is 5.88. The van der Waals surface area contributed by atoms with Crippen molar-refractivity contribution >= 4 is 17.5 Å². The van der Waals surface area contributed by atoms with Crippen LogP contribution in [0, 0.1) is 11.7 Å². The quantitative estimate of drug-likeness (QED) is 0.781. The molecule has 0 radical (unpaired) electrons. The first kappa shape index (κ1) is 18.5. The molecule has 2 unspecified atom stereocenters. The predicted octanol–water partition coefficient (Wildman–Crippen LogP) is 4.32. The topological polar surface area (TPSA) is 23.6 Å². The maximum Gasteiger partial charge on any atom is 0.226 e. The van der Waals surface area contributed by atoms with Crippen LogP contribution in [0.1, 0.15) is 29.9 Å². The molecule has 2 atom stereocenters. The van der Waals surface area contributed by atoms with E-state index in [1.165, 1.54) is 11.6 Å². The van der Waals surface area contributed by atoms with Crippen LogP contribution in [0.2, 0.25) is 5.02 Å². The number of carbonyl (C=O) groups excluding carboxylic acids is 1. The summed E-state index contributed by atoms with van der Waals surface area (Å²) in [4.78, 5) is 17.2. The maximum atomic E-state index is 14.0. The van der Waals surface area contributed by atoms with Crippen molar-refractivity contribution in [3.05, 3.63) is 70.5 Å². The second-order valence-electron chi connectivity index (χ2n) is 7.55. The third kappa shape index (κ3) is 4.33. The second-order valence-corrected chi connectivity index (χ2v) is 7.99. The number of amides is 1. The average molecular weight is 387 g/mol. The van der Waals surface area contributed by atoms with Crippen molar-refractivity contribution in [2.75, 3.05) is 26.2 Å². The molecule has 1 saturated carbocycles. The van der Waals surface area contributed by atoms with Crippen molar-refractivity contribution in [3.8, 4) is 0 Å². The molecule has 0 aromatic heterocycles. The Kier molecular flexibility index (Phi) is 5.46. The molecule has 0 bridgehead atoms. The molecule has 1 amide bonds. The van der Waals surface area contributed by atoms with Gasteiger partial charge < -0.3 is 4.90 Å². The summed E-state index contributed by atoms with van der Waals surface area (Å²) in [5, 5.41) is 0.750. The van der Waals surface area contributed by atoms with Gasteiger partial charge in [0.1, 0.15) is 5.82 Å². The molecule has 1 heterocycles. The molecule has 3 nitrogen and oxygen atoms in total. The average Bonchev–Trinajstić information content (AvgIpc) is 3.48. The van der Waals surface area contributed by atoms with Crippen molar-refractivity contribution in [1.82, 2.24) is 9.80 Å². The minimum Gasteiger partial charge on any atom is -0.341 e. The number of rotatable bonds is 4. The number of benzene rings is 2. The van der Waals surface area contributed by atoms with Gasteiger partial charge >= 0.3 is 0 Å². The number of halogens is 2. The van der Waals surface area contributed by atoms with E-state index in [2.05, 4.69) is 17.0 Å². The van der Waals surface area contributed by atoms with Crippen LogP contribution >= 0.6 is 11.6 Å². The van der Waals surface area contributed by atoms with Gasteiger partial charge in [0.2, 0.25) is 5.91 Å². The van der Waals surface area contributed by atoms with E-state index in [9.17, 15) is 9.18 Å². The molecule has 142 valence electrons. The van der Waals surface area contributed by atoms with Gasteiger partial charge in [-0.2, -0.15) is 0 Å². The van der Waals surface area contributed by atoms with Gasteiger partial charge in [-0.25, -0.2) is 4.39 Å². The van der Waals surface area contributed by atoms with Gasteiger partial charge in [0, 0.05) is 43.7 Å².